The molecule has 0 spiro atoms. The molecule has 9 heavy (non-hydrogen) atoms. The first-order valence-corrected chi connectivity index (χ1v) is 3.56. The van der Waals surface area contributed by atoms with Gasteiger partial charge in [0.2, 0.25) is 0 Å². The summed E-state index contributed by atoms with van der Waals surface area (Å²) in [6.07, 6.45) is 5.68. The predicted octanol–water partition coefficient (Wildman–Crippen LogP) is 2.38. The topological polar surface area (TPSA) is 9.23 Å². The van der Waals surface area contributed by atoms with Crippen LogP contribution in [0.4, 0.5) is 0 Å². The van der Waals surface area contributed by atoms with Crippen molar-refractivity contribution in [3.63, 3.8) is 0 Å². The summed E-state index contributed by atoms with van der Waals surface area (Å²) in [4.78, 5) is 0. The number of hydrogen-bond acceptors (Lipinski definition) is 1. The monoisotopic (exact) mass is 128 g/mol. The van der Waals surface area contributed by atoms with E-state index in [9.17, 15) is 0 Å². The molecule has 0 atom stereocenters. The third-order valence-electron chi connectivity index (χ3n) is 1.08. The van der Waals surface area contributed by atoms with Crippen molar-refractivity contribution >= 4 is 0 Å². The van der Waals surface area contributed by atoms with Crippen molar-refractivity contribution in [3.8, 4) is 0 Å². The standard InChI is InChI=1S/C5H10O.C3H6/c1-2-4-6-5-3-1;1-3-2/h1-5H2;3H,1H2,2H3. The van der Waals surface area contributed by atoms with Crippen LogP contribution in [-0.4, -0.2) is 13.2 Å². The van der Waals surface area contributed by atoms with E-state index in [1.54, 1.807) is 6.08 Å². The molecule has 1 heteroatoms. The maximum absolute atomic E-state index is 5.07. The highest BCUT2D eigenvalue weighted by Crippen LogP contribution is 2.02. The zero-order chi connectivity index (χ0) is 6.95. The van der Waals surface area contributed by atoms with Gasteiger partial charge in [0.15, 0.2) is 0 Å². The fourth-order valence-corrected chi connectivity index (χ4v) is 0.687. The predicted molar refractivity (Wildman–Crippen MR) is 40.5 cm³/mol. The fraction of sp³-hybridized carbons (Fsp3) is 0.750. The summed E-state index contributed by atoms with van der Waals surface area (Å²) in [5.74, 6) is 0. The molecule has 54 valence electrons. The molecule has 0 N–H and O–H groups in total. The highest BCUT2D eigenvalue weighted by Gasteiger charge is 1.94. The van der Waals surface area contributed by atoms with Crippen LogP contribution in [0.1, 0.15) is 26.2 Å². The smallest absolute Gasteiger partial charge is 0.0466 e. The molecule has 1 nitrogen and oxygen atoms in total. The molecule has 1 fully saturated rings. The molecule has 0 aromatic carbocycles. The van der Waals surface area contributed by atoms with Gasteiger partial charge in [-0.1, -0.05) is 6.08 Å². The van der Waals surface area contributed by atoms with Gasteiger partial charge in [0.05, 0.1) is 0 Å². The van der Waals surface area contributed by atoms with Gasteiger partial charge in [0, 0.05) is 13.2 Å². The van der Waals surface area contributed by atoms with E-state index in [-0.39, 0.29) is 0 Å². The Morgan fingerprint density at radius 3 is 1.78 bits per heavy atom. The van der Waals surface area contributed by atoms with Gasteiger partial charge >= 0.3 is 0 Å². The Bertz CT molecular complexity index is 44.1. The zero-order valence-electron chi connectivity index (χ0n) is 6.23. The number of rotatable bonds is 0. The van der Waals surface area contributed by atoms with E-state index in [0.29, 0.717) is 0 Å². The Morgan fingerprint density at radius 2 is 1.67 bits per heavy atom. The van der Waals surface area contributed by atoms with Gasteiger partial charge in [-0.15, -0.1) is 6.58 Å². The Kier molecular flexibility index (Phi) is 7.44. The molecular formula is C8H16O. The fourth-order valence-electron chi connectivity index (χ4n) is 0.687. The second kappa shape index (κ2) is 7.70. The molecule has 1 saturated heterocycles. The van der Waals surface area contributed by atoms with Crippen molar-refractivity contribution in [1.82, 2.24) is 0 Å². The number of ether oxygens (including phenoxy) is 1. The lowest BCUT2D eigenvalue weighted by atomic mass is 10.2. The minimum absolute atomic E-state index is 1.00. The quantitative estimate of drug-likeness (QED) is 0.455. The van der Waals surface area contributed by atoms with Crippen molar-refractivity contribution in [3.05, 3.63) is 12.7 Å². The van der Waals surface area contributed by atoms with Gasteiger partial charge in [-0.25, -0.2) is 0 Å². The summed E-state index contributed by atoms with van der Waals surface area (Å²) in [7, 11) is 0. The van der Waals surface area contributed by atoms with E-state index >= 15 is 0 Å². The summed E-state index contributed by atoms with van der Waals surface area (Å²) in [5, 5.41) is 0. The molecular weight excluding hydrogens is 112 g/mol. The van der Waals surface area contributed by atoms with Gasteiger partial charge in [-0.05, 0) is 26.2 Å². The second-order valence-corrected chi connectivity index (χ2v) is 2.08. The molecule has 1 aliphatic heterocycles. The lowest BCUT2D eigenvalue weighted by Crippen LogP contribution is -2.03. The molecule has 0 bridgehead atoms. The van der Waals surface area contributed by atoms with Gasteiger partial charge in [-0.3, -0.25) is 0 Å². The van der Waals surface area contributed by atoms with Gasteiger partial charge in [-0.2, -0.15) is 0 Å². The van der Waals surface area contributed by atoms with Gasteiger partial charge in [0.1, 0.15) is 0 Å². The molecule has 1 heterocycles. The lowest BCUT2D eigenvalue weighted by Gasteiger charge is -2.08. The summed E-state index contributed by atoms with van der Waals surface area (Å²) >= 11 is 0. The van der Waals surface area contributed by atoms with Crippen LogP contribution in [0.25, 0.3) is 0 Å². The van der Waals surface area contributed by atoms with Crippen LogP contribution >= 0.6 is 0 Å². The van der Waals surface area contributed by atoms with Crippen LogP contribution in [-0.2, 0) is 4.74 Å². The Balaban J connectivity index is 0.000000187. The van der Waals surface area contributed by atoms with E-state index in [2.05, 4.69) is 6.58 Å². The van der Waals surface area contributed by atoms with E-state index in [0.717, 1.165) is 13.2 Å². The normalized spacial score (nSPS) is 17.4. The van der Waals surface area contributed by atoms with E-state index < -0.39 is 0 Å². The largest absolute Gasteiger partial charge is 0.381 e. The van der Waals surface area contributed by atoms with Crippen molar-refractivity contribution in [1.29, 1.82) is 0 Å². The molecule has 0 saturated carbocycles. The molecule has 1 aliphatic rings. The molecule has 0 aromatic heterocycles. The highest BCUT2D eigenvalue weighted by molar-refractivity contribution is 4.51. The highest BCUT2D eigenvalue weighted by atomic mass is 16.5. The molecule has 0 amide bonds. The van der Waals surface area contributed by atoms with Crippen LogP contribution in [0.2, 0.25) is 0 Å². The SMILES string of the molecule is C1CCOCC1.C=CC. The van der Waals surface area contributed by atoms with Gasteiger partial charge in [0.25, 0.3) is 0 Å². The van der Waals surface area contributed by atoms with Crippen molar-refractivity contribution < 1.29 is 4.74 Å². The first kappa shape index (κ1) is 8.70. The summed E-state index contributed by atoms with van der Waals surface area (Å²) < 4.78 is 5.07. The van der Waals surface area contributed by atoms with E-state index in [1.807, 2.05) is 6.92 Å². The third-order valence-corrected chi connectivity index (χ3v) is 1.08. The average molecular weight is 128 g/mol. The zero-order valence-corrected chi connectivity index (χ0v) is 6.23. The Labute approximate surface area is 57.7 Å². The maximum atomic E-state index is 5.07. The first-order chi connectivity index (χ1) is 4.41. The maximum Gasteiger partial charge on any atom is 0.0466 e. The molecule has 0 unspecified atom stereocenters. The first-order valence-electron chi connectivity index (χ1n) is 3.56. The summed E-state index contributed by atoms with van der Waals surface area (Å²) in [6, 6.07) is 0. The number of hydrogen-bond donors (Lipinski definition) is 0. The van der Waals surface area contributed by atoms with Gasteiger partial charge < -0.3 is 4.74 Å². The van der Waals surface area contributed by atoms with Crippen LogP contribution in [0.3, 0.4) is 0 Å². The minimum atomic E-state index is 1.00. The second-order valence-electron chi connectivity index (χ2n) is 2.08. The lowest BCUT2D eigenvalue weighted by molar-refractivity contribution is 0.0968. The molecule has 0 aromatic rings. The summed E-state index contributed by atoms with van der Waals surface area (Å²) in [6.45, 7) is 7.25. The van der Waals surface area contributed by atoms with Crippen molar-refractivity contribution in [2.45, 2.75) is 26.2 Å². The third kappa shape index (κ3) is 7.70. The average Bonchev–Trinajstić information content (AvgIpc) is 1.93. The molecule has 0 radical (unpaired) electrons. The van der Waals surface area contributed by atoms with Crippen LogP contribution in [0.5, 0.6) is 0 Å². The van der Waals surface area contributed by atoms with Crippen LogP contribution in [0, 0.1) is 0 Å². The molecule has 1 rings (SSSR count). The van der Waals surface area contributed by atoms with Crippen LogP contribution in [0.15, 0.2) is 12.7 Å². The van der Waals surface area contributed by atoms with Crippen molar-refractivity contribution in [2.24, 2.45) is 0 Å². The summed E-state index contributed by atoms with van der Waals surface area (Å²) in [5.41, 5.74) is 0. The van der Waals surface area contributed by atoms with E-state index in [1.165, 1.54) is 19.3 Å². The van der Waals surface area contributed by atoms with Crippen LogP contribution < -0.4 is 0 Å². The minimum Gasteiger partial charge on any atom is -0.381 e. The number of allylic oxidation sites excluding steroid dienone is 1. The molecule has 0 aliphatic carbocycles. The Hall–Kier alpha value is -0.300. The Morgan fingerprint density at radius 1 is 1.22 bits per heavy atom. The van der Waals surface area contributed by atoms with E-state index in [4.69, 9.17) is 4.74 Å². The van der Waals surface area contributed by atoms with Crippen molar-refractivity contribution in [2.75, 3.05) is 13.2 Å².